The Bertz CT molecular complexity index is 747. The summed E-state index contributed by atoms with van der Waals surface area (Å²) in [7, 11) is 0. The molecule has 0 bridgehead atoms. The molecule has 0 fully saturated rings. The fourth-order valence-corrected chi connectivity index (χ4v) is 2.88. The van der Waals surface area contributed by atoms with Crippen LogP contribution >= 0.6 is 0 Å². The third-order valence-electron chi connectivity index (χ3n) is 4.05. The molecular weight excluding hydrogens is 290 g/mol. The van der Waals surface area contributed by atoms with E-state index in [1.807, 2.05) is 32.4 Å². The van der Waals surface area contributed by atoms with E-state index in [0.717, 1.165) is 23.5 Å². The maximum Gasteiger partial charge on any atom is 0.251 e. The maximum atomic E-state index is 12.5. The molecule has 122 valence electrons. The number of aromatic nitrogens is 2. The third kappa shape index (κ3) is 3.50. The highest BCUT2D eigenvalue weighted by atomic mass is 16.1. The number of hydrogen-bond acceptors (Lipinski definition) is 3. The smallest absolute Gasteiger partial charge is 0.251 e. The van der Waals surface area contributed by atoms with Crippen LogP contribution < -0.4 is 5.32 Å². The summed E-state index contributed by atoms with van der Waals surface area (Å²) in [5.41, 5.74) is 4.06. The van der Waals surface area contributed by atoms with Crippen LogP contribution in [0.15, 0.2) is 24.3 Å². The molecule has 1 aromatic heterocycles. The lowest BCUT2D eigenvalue weighted by Crippen LogP contribution is -2.27. The molecule has 0 saturated heterocycles. The molecule has 0 saturated carbocycles. The molecule has 0 aliphatic carbocycles. The highest BCUT2D eigenvalue weighted by Crippen LogP contribution is 2.21. The van der Waals surface area contributed by atoms with Crippen molar-refractivity contribution < 1.29 is 9.59 Å². The van der Waals surface area contributed by atoms with Gasteiger partial charge in [0, 0.05) is 28.9 Å². The largest absolute Gasteiger partial charge is 0.345 e. The quantitative estimate of drug-likeness (QED) is 0.862. The average molecular weight is 313 g/mol. The first-order chi connectivity index (χ1) is 10.8. The number of ketones is 1. The molecule has 2 aromatic rings. The van der Waals surface area contributed by atoms with Crippen molar-refractivity contribution >= 4 is 11.7 Å². The maximum absolute atomic E-state index is 12.5. The molecular formula is C18H23N3O2. The Hall–Kier alpha value is -2.43. The highest BCUT2D eigenvalue weighted by molar-refractivity contribution is 5.99. The van der Waals surface area contributed by atoms with Gasteiger partial charge in [0.2, 0.25) is 0 Å². The van der Waals surface area contributed by atoms with Gasteiger partial charge in [0.1, 0.15) is 0 Å². The predicted molar refractivity (Wildman–Crippen MR) is 89.7 cm³/mol. The molecule has 5 nitrogen and oxygen atoms in total. The minimum absolute atomic E-state index is 0.0522. The van der Waals surface area contributed by atoms with Gasteiger partial charge in [-0.3, -0.25) is 14.3 Å². The van der Waals surface area contributed by atoms with Gasteiger partial charge < -0.3 is 5.32 Å². The number of rotatable bonds is 5. The molecule has 0 aliphatic heterocycles. The summed E-state index contributed by atoms with van der Waals surface area (Å²) in [6.45, 7) is 10.2. The molecule has 1 heterocycles. The zero-order valence-corrected chi connectivity index (χ0v) is 14.3. The lowest BCUT2D eigenvalue weighted by Gasteiger charge is -2.15. The fourth-order valence-electron chi connectivity index (χ4n) is 2.88. The predicted octanol–water partition coefficient (Wildman–Crippen LogP) is 3.21. The van der Waals surface area contributed by atoms with E-state index in [0.29, 0.717) is 11.1 Å². The minimum atomic E-state index is -0.191. The Balaban J connectivity index is 2.22. The van der Waals surface area contributed by atoms with Crippen molar-refractivity contribution in [2.75, 3.05) is 0 Å². The van der Waals surface area contributed by atoms with Gasteiger partial charge in [0.15, 0.2) is 5.78 Å². The van der Waals surface area contributed by atoms with E-state index in [1.165, 1.54) is 6.92 Å². The van der Waals surface area contributed by atoms with Crippen molar-refractivity contribution in [2.45, 2.75) is 47.2 Å². The van der Waals surface area contributed by atoms with Crippen LogP contribution in [0.4, 0.5) is 0 Å². The van der Waals surface area contributed by atoms with Crippen LogP contribution in [0.3, 0.4) is 0 Å². The topological polar surface area (TPSA) is 64.0 Å². The van der Waals surface area contributed by atoms with Crippen molar-refractivity contribution in [1.82, 2.24) is 15.1 Å². The summed E-state index contributed by atoms with van der Waals surface area (Å²) in [6.07, 6.45) is 0. The number of Topliss-reactive ketones (excluding diaryl/α,β-unsaturated/α-hetero) is 1. The summed E-state index contributed by atoms with van der Waals surface area (Å²) in [5.74, 6) is -0.243. The van der Waals surface area contributed by atoms with Crippen molar-refractivity contribution in [2.24, 2.45) is 0 Å². The van der Waals surface area contributed by atoms with E-state index in [2.05, 4.69) is 10.4 Å². The molecule has 1 atom stereocenters. The normalized spacial score (nSPS) is 12.0. The summed E-state index contributed by atoms with van der Waals surface area (Å²) in [6, 6.07) is 6.62. The molecule has 5 heteroatoms. The first-order valence-electron chi connectivity index (χ1n) is 7.80. The zero-order chi connectivity index (χ0) is 17.1. The first-order valence-corrected chi connectivity index (χ1v) is 7.80. The second kappa shape index (κ2) is 6.77. The Morgan fingerprint density at radius 3 is 2.48 bits per heavy atom. The van der Waals surface area contributed by atoms with Crippen molar-refractivity contribution in [3.05, 3.63) is 52.3 Å². The fraction of sp³-hybridized carbons (Fsp3) is 0.389. The van der Waals surface area contributed by atoms with Crippen LogP contribution in [0.2, 0.25) is 0 Å². The van der Waals surface area contributed by atoms with Gasteiger partial charge in [-0.25, -0.2) is 0 Å². The van der Waals surface area contributed by atoms with Gasteiger partial charge in [0.25, 0.3) is 5.91 Å². The van der Waals surface area contributed by atoms with E-state index in [-0.39, 0.29) is 17.7 Å². The molecule has 0 unspecified atom stereocenters. The Kier molecular flexibility index (Phi) is 4.98. The van der Waals surface area contributed by atoms with Crippen LogP contribution in [-0.2, 0) is 6.54 Å². The van der Waals surface area contributed by atoms with E-state index in [1.54, 1.807) is 24.3 Å². The summed E-state index contributed by atoms with van der Waals surface area (Å²) in [5, 5.41) is 7.48. The number of carbonyl (C=O) groups excluding carboxylic acids is 2. The lowest BCUT2D eigenvalue weighted by atomic mass is 10.0. The van der Waals surface area contributed by atoms with Gasteiger partial charge in [-0.15, -0.1) is 0 Å². The Morgan fingerprint density at radius 1 is 1.26 bits per heavy atom. The number of amides is 1. The Morgan fingerprint density at radius 2 is 1.91 bits per heavy atom. The Labute approximate surface area is 136 Å². The molecule has 2 rings (SSSR count). The number of hydrogen-bond donors (Lipinski definition) is 1. The molecule has 0 aliphatic rings. The SMILES string of the molecule is CCn1nc(C)c([C@@H](C)NC(=O)c2cccc(C(C)=O)c2)c1C. The van der Waals surface area contributed by atoms with Gasteiger partial charge in [-0.05, 0) is 46.8 Å². The lowest BCUT2D eigenvalue weighted by molar-refractivity contribution is 0.0939. The van der Waals surface area contributed by atoms with E-state index >= 15 is 0 Å². The van der Waals surface area contributed by atoms with E-state index in [9.17, 15) is 9.59 Å². The first kappa shape index (κ1) is 16.9. The van der Waals surface area contributed by atoms with Crippen LogP contribution in [0.25, 0.3) is 0 Å². The molecule has 1 aromatic carbocycles. The van der Waals surface area contributed by atoms with Crippen LogP contribution in [0.5, 0.6) is 0 Å². The molecule has 1 amide bonds. The molecule has 0 spiro atoms. The van der Waals surface area contributed by atoms with Crippen molar-refractivity contribution in [3.8, 4) is 0 Å². The van der Waals surface area contributed by atoms with Crippen molar-refractivity contribution in [1.29, 1.82) is 0 Å². The van der Waals surface area contributed by atoms with Crippen LogP contribution in [0.1, 0.15) is 64.5 Å². The highest BCUT2D eigenvalue weighted by Gasteiger charge is 2.19. The molecule has 23 heavy (non-hydrogen) atoms. The number of benzene rings is 1. The summed E-state index contributed by atoms with van der Waals surface area (Å²) < 4.78 is 1.93. The van der Waals surface area contributed by atoms with Gasteiger partial charge in [0.05, 0.1) is 11.7 Å². The number of nitrogens with one attached hydrogen (secondary N) is 1. The van der Waals surface area contributed by atoms with Crippen LogP contribution in [0, 0.1) is 13.8 Å². The van der Waals surface area contributed by atoms with E-state index in [4.69, 9.17) is 0 Å². The molecule has 1 N–H and O–H groups in total. The number of carbonyl (C=O) groups is 2. The monoisotopic (exact) mass is 313 g/mol. The van der Waals surface area contributed by atoms with E-state index < -0.39 is 0 Å². The molecule has 0 radical (unpaired) electrons. The average Bonchev–Trinajstić information content (AvgIpc) is 2.81. The van der Waals surface area contributed by atoms with Gasteiger partial charge >= 0.3 is 0 Å². The van der Waals surface area contributed by atoms with Crippen LogP contribution in [-0.4, -0.2) is 21.5 Å². The second-order valence-electron chi connectivity index (χ2n) is 5.73. The van der Waals surface area contributed by atoms with Gasteiger partial charge in [-0.2, -0.15) is 5.10 Å². The van der Waals surface area contributed by atoms with Crippen molar-refractivity contribution in [3.63, 3.8) is 0 Å². The summed E-state index contributed by atoms with van der Waals surface area (Å²) in [4.78, 5) is 23.9. The number of nitrogens with zero attached hydrogens (tertiary/aromatic N) is 2. The zero-order valence-electron chi connectivity index (χ0n) is 14.3. The minimum Gasteiger partial charge on any atom is -0.345 e. The number of aryl methyl sites for hydroxylation is 2. The third-order valence-corrected chi connectivity index (χ3v) is 4.05. The summed E-state index contributed by atoms with van der Waals surface area (Å²) >= 11 is 0. The second-order valence-corrected chi connectivity index (χ2v) is 5.73. The standard InChI is InChI=1S/C18H23N3O2/c1-6-21-13(4)17(12(3)20-21)11(2)19-18(23)16-9-7-8-15(10-16)14(5)22/h7-11H,6H2,1-5H3,(H,19,23)/t11-/m1/s1. The van der Waals surface area contributed by atoms with Gasteiger partial charge in [-0.1, -0.05) is 12.1 Å².